The number of esters is 1. The lowest BCUT2D eigenvalue weighted by Crippen LogP contribution is -2.50. The van der Waals surface area contributed by atoms with Crippen LogP contribution in [0.2, 0.25) is 18.1 Å². The predicted molar refractivity (Wildman–Crippen MR) is 108 cm³/mol. The lowest BCUT2D eigenvalue weighted by atomic mass is 10.2. The van der Waals surface area contributed by atoms with Crippen LogP contribution in [-0.2, 0) is 23.1 Å². The van der Waals surface area contributed by atoms with Crippen LogP contribution in [0.3, 0.4) is 0 Å². The molecule has 9 heteroatoms. The zero-order valence-corrected chi connectivity index (χ0v) is 18.6. The van der Waals surface area contributed by atoms with E-state index in [1.54, 1.807) is 24.3 Å². The van der Waals surface area contributed by atoms with Crippen LogP contribution in [0.15, 0.2) is 30.3 Å². The van der Waals surface area contributed by atoms with Crippen LogP contribution in [0.1, 0.15) is 20.8 Å². The highest BCUT2D eigenvalue weighted by Gasteiger charge is 2.38. The topological polar surface area (TPSA) is 83.1 Å². The Bertz CT molecular complexity index is 606. The van der Waals surface area contributed by atoms with E-state index >= 15 is 0 Å². The van der Waals surface area contributed by atoms with Gasteiger partial charge in [-0.3, -0.25) is 4.79 Å². The summed E-state index contributed by atoms with van der Waals surface area (Å²) in [6.07, 6.45) is 0. The van der Waals surface area contributed by atoms with Crippen molar-refractivity contribution in [3.63, 3.8) is 0 Å². The molecular formula is C18H29NO6SSi. The quantitative estimate of drug-likeness (QED) is 0.157. The molecule has 7 nitrogen and oxygen atoms in total. The van der Waals surface area contributed by atoms with Crippen molar-refractivity contribution in [2.75, 3.05) is 19.5 Å². The lowest BCUT2D eigenvalue weighted by molar-refractivity contribution is -0.145. The van der Waals surface area contributed by atoms with Crippen LogP contribution < -0.4 is 10.2 Å². The Morgan fingerprint density at radius 1 is 1.19 bits per heavy atom. The van der Waals surface area contributed by atoms with Gasteiger partial charge in [0.25, 0.3) is 0 Å². The number of benzene rings is 1. The van der Waals surface area contributed by atoms with Gasteiger partial charge >= 0.3 is 5.97 Å². The Kier molecular flexibility index (Phi) is 9.30. The average molecular weight is 416 g/mol. The standard InChI is InChI=1S/C18H29NO6SSi/c1-18(2,3)27(5,6)23-12-15(17(21)22-4)19-16(20)13-26-25-24-14-10-8-7-9-11-14/h7-11,15H,12-13H2,1-6H3,(H,19,20)/t15-/m0/s1. The number of ether oxygens (including phenoxy) is 1. The molecule has 0 aromatic heterocycles. The number of carbonyl (C=O) groups excluding carboxylic acids is 2. The first kappa shape index (κ1) is 23.5. The molecule has 1 aromatic rings. The third-order valence-electron chi connectivity index (χ3n) is 4.35. The fourth-order valence-corrected chi connectivity index (χ4v) is 3.05. The Morgan fingerprint density at radius 3 is 2.37 bits per heavy atom. The van der Waals surface area contributed by atoms with Crippen molar-refractivity contribution in [1.82, 2.24) is 5.32 Å². The summed E-state index contributed by atoms with van der Waals surface area (Å²) in [6, 6.07) is 8.05. The minimum Gasteiger partial charge on any atom is -0.467 e. The van der Waals surface area contributed by atoms with Crippen LogP contribution >= 0.6 is 12.0 Å². The van der Waals surface area contributed by atoms with Crippen molar-refractivity contribution in [1.29, 1.82) is 0 Å². The molecular weight excluding hydrogens is 386 g/mol. The SMILES string of the molecule is COC(=O)[C@H](CO[Si](C)(C)C(C)(C)C)NC(=O)CSOOc1ccccc1. The highest BCUT2D eigenvalue weighted by Crippen LogP contribution is 2.36. The van der Waals surface area contributed by atoms with Gasteiger partial charge in [-0.1, -0.05) is 39.0 Å². The smallest absolute Gasteiger partial charge is 0.330 e. The minimum absolute atomic E-state index is 0.00382. The number of nitrogens with one attached hydrogen (secondary N) is 1. The minimum atomic E-state index is -2.05. The van der Waals surface area contributed by atoms with Crippen molar-refractivity contribution in [3.8, 4) is 5.75 Å². The summed E-state index contributed by atoms with van der Waals surface area (Å²) in [6.45, 7) is 10.5. The summed E-state index contributed by atoms with van der Waals surface area (Å²) in [5.41, 5.74) is 0. The number of hydrogen-bond donors (Lipinski definition) is 1. The Balaban J connectivity index is 2.46. The number of carbonyl (C=O) groups is 2. The van der Waals surface area contributed by atoms with Gasteiger partial charge in [0, 0.05) is 0 Å². The molecule has 0 aliphatic rings. The van der Waals surface area contributed by atoms with Crippen LogP contribution in [-0.4, -0.2) is 45.7 Å². The molecule has 0 aliphatic heterocycles. The van der Waals surface area contributed by atoms with E-state index in [-0.39, 0.29) is 23.3 Å². The molecule has 0 radical (unpaired) electrons. The molecule has 1 aromatic carbocycles. The maximum atomic E-state index is 12.1. The molecule has 0 saturated carbocycles. The number of amides is 1. The molecule has 0 spiro atoms. The van der Waals surface area contributed by atoms with Crippen LogP contribution in [0.4, 0.5) is 0 Å². The van der Waals surface area contributed by atoms with Gasteiger partial charge < -0.3 is 19.4 Å². The van der Waals surface area contributed by atoms with Gasteiger partial charge in [0.2, 0.25) is 5.91 Å². The summed E-state index contributed by atoms with van der Waals surface area (Å²) >= 11 is 0.827. The van der Waals surface area contributed by atoms with Gasteiger partial charge in [-0.15, -0.1) is 4.33 Å². The van der Waals surface area contributed by atoms with E-state index < -0.39 is 20.3 Å². The number of para-hydroxylation sites is 1. The molecule has 0 heterocycles. The van der Waals surface area contributed by atoms with Crippen LogP contribution in [0.5, 0.6) is 5.75 Å². The fraction of sp³-hybridized carbons (Fsp3) is 0.556. The molecule has 1 N–H and O–H groups in total. The molecule has 0 bridgehead atoms. The number of hydrogen-bond acceptors (Lipinski definition) is 7. The van der Waals surface area contributed by atoms with E-state index in [0.29, 0.717) is 5.75 Å². The molecule has 152 valence electrons. The first-order chi connectivity index (χ1) is 12.6. The van der Waals surface area contributed by atoms with Crippen molar-refractivity contribution in [2.45, 2.75) is 44.9 Å². The molecule has 0 aliphatic carbocycles. The highest BCUT2D eigenvalue weighted by molar-refractivity contribution is 7.95. The average Bonchev–Trinajstić information content (AvgIpc) is 2.61. The Hall–Kier alpha value is -1.55. The molecule has 0 fully saturated rings. The first-order valence-electron chi connectivity index (χ1n) is 8.59. The Labute approximate surface area is 166 Å². The summed E-state index contributed by atoms with van der Waals surface area (Å²) in [7, 11) is -0.778. The van der Waals surface area contributed by atoms with Crippen molar-refractivity contribution in [2.24, 2.45) is 0 Å². The van der Waals surface area contributed by atoms with E-state index in [4.69, 9.17) is 18.4 Å². The van der Waals surface area contributed by atoms with E-state index in [2.05, 4.69) is 39.2 Å². The normalized spacial score (nSPS) is 13.0. The molecule has 1 rings (SSSR count). The first-order valence-corrected chi connectivity index (χ1v) is 12.4. The van der Waals surface area contributed by atoms with E-state index in [1.165, 1.54) is 7.11 Å². The molecule has 27 heavy (non-hydrogen) atoms. The maximum Gasteiger partial charge on any atom is 0.330 e. The van der Waals surface area contributed by atoms with Gasteiger partial charge in [-0.2, -0.15) is 0 Å². The zero-order valence-electron chi connectivity index (χ0n) is 16.7. The van der Waals surface area contributed by atoms with E-state index in [9.17, 15) is 9.59 Å². The van der Waals surface area contributed by atoms with E-state index in [1.807, 2.05) is 6.07 Å². The summed E-state index contributed by atoms with van der Waals surface area (Å²) in [5, 5.41) is 2.61. The number of methoxy groups -OCH3 is 1. The highest BCUT2D eigenvalue weighted by atomic mass is 32.2. The molecule has 1 amide bonds. The molecule has 0 unspecified atom stereocenters. The van der Waals surface area contributed by atoms with E-state index in [0.717, 1.165) is 12.0 Å². The Morgan fingerprint density at radius 2 is 1.81 bits per heavy atom. The van der Waals surface area contributed by atoms with Crippen molar-refractivity contribution < 1.29 is 28.0 Å². The molecule has 0 saturated heterocycles. The number of rotatable bonds is 10. The van der Waals surface area contributed by atoms with Gasteiger partial charge in [-0.25, -0.2) is 4.79 Å². The molecule has 1 atom stereocenters. The van der Waals surface area contributed by atoms with Gasteiger partial charge in [0.15, 0.2) is 14.1 Å². The lowest BCUT2D eigenvalue weighted by Gasteiger charge is -2.37. The second-order valence-corrected chi connectivity index (χ2v) is 12.9. The van der Waals surface area contributed by atoms with Crippen LogP contribution in [0, 0.1) is 0 Å². The van der Waals surface area contributed by atoms with Crippen molar-refractivity contribution in [3.05, 3.63) is 30.3 Å². The second-order valence-electron chi connectivity index (χ2n) is 7.44. The van der Waals surface area contributed by atoms with Gasteiger partial charge in [0.05, 0.1) is 25.8 Å². The largest absolute Gasteiger partial charge is 0.467 e. The van der Waals surface area contributed by atoms with Crippen LogP contribution in [0.25, 0.3) is 0 Å². The van der Waals surface area contributed by atoms with Crippen molar-refractivity contribution >= 4 is 32.2 Å². The summed E-state index contributed by atoms with van der Waals surface area (Å²) < 4.78 is 15.7. The zero-order chi connectivity index (χ0) is 20.5. The maximum absolute atomic E-state index is 12.1. The summed E-state index contributed by atoms with van der Waals surface area (Å²) in [4.78, 5) is 29.1. The summed E-state index contributed by atoms with van der Waals surface area (Å²) in [5.74, 6) is -0.444. The van der Waals surface area contributed by atoms with Gasteiger partial charge in [-0.05, 0) is 30.3 Å². The fourth-order valence-electron chi connectivity index (χ4n) is 1.67. The monoisotopic (exact) mass is 415 g/mol. The third-order valence-corrected chi connectivity index (χ3v) is 9.39. The second kappa shape index (κ2) is 10.7. The third kappa shape index (κ3) is 8.33. The predicted octanol–water partition coefficient (Wildman–Crippen LogP) is 3.32. The van der Waals surface area contributed by atoms with Gasteiger partial charge in [0.1, 0.15) is 11.8 Å².